The Balaban J connectivity index is 1.70. The summed E-state index contributed by atoms with van der Waals surface area (Å²) in [6.07, 6.45) is 5.76. The van der Waals surface area contributed by atoms with Gasteiger partial charge in [0.05, 0.1) is 11.9 Å². The van der Waals surface area contributed by atoms with Gasteiger partial charge in [-0.25, -0.2) is 4.79 Å². The molecular weight excluding hydrogens is 348 g/mol. The summed E-state index contributed by atoms with van der Waals surface area (Å²) in [5.41, 5.74) is 1.47. The molecule has 2 amide bonds. The average Bonchev–Trinajstić information content (AvgIpc) is 2.64. The quantitative estimate of drug-likeness (QED) is 0.840. The van der Waals surface area contributed by atoms with Crippen LogP contribution in [0.3, 0.4) is 0 Å². The third-order valence-corrected chi connectivity index (χ3v) is 5.03. The number of pyridine rings is 1. The molecule has 0 saturated carbocycles. The number of halogens is 1. The molecule has 1 aliphatic heterocycles. The Morgan fingerprint density at radius 2 is 2.12 bits per heavy atom. The molecule has 5 nitrogen and oxygen atoms in total. The molecule has 0 bridgehead atoms. The number of piperidine rings is 1. The Bertz CT molecular complexity index is 717. The molecule has 0 spiro atoms. The van der Waals surface area contributed by atoms with Crippen LogP contribution in [0.4, 0.5) is 16.2 Å². The highest BCUT2D eigenvalue weighted by Crippen LogP contribution is 2.21. The van der Waals surface area contributed by atoms with Gasteiger partial charge < -0.3 is 10.2 Å². The van der Waals surface area contributed by atoms with Gasteiger partial charge in [0, 0.05) is 30.0 Å². The Morgan fingerprint density at radius 1 is 1.31 bits per heavy atom. The Kier molecular flexibility index (Phi) is 6.47. The van der Waals surface area contributed by atoms with Crippen molar-refractivity contribution in [3.63, 3.8) is 0 Å². The third kappa shape index (κ3) is 5.19. The van der Waals surface area contributed by atoms with Crippen molar-refractivity contribution in [3.05, 3.63) is 53.8 Å². The molecule has 1 aromatic heterocycles. The predicted octanol–water partition coefficient (Wildman–Crippen LogP) is 4.51. The standard InChI is InChI=1S/C20H25ClN4O/c1-16-7-10-24(11-8-16)12-13-25(19-6-2-4-17(21)14-19)20(26)23-18-5-3-9-22-15-18/h2-6,9,14-16H,7-8,10-13H2,1H3,(H,23,26). The summed E-state index contributed by atoms with van der Waals surface area (Å²) in [5.74, 6) is 0.796. The molecule has 26 heavy (non-hydrogen) atoms. The molecule has 138 valence electrons. The van der Waals surface area contributed by atoms with Crippen LogP contribution in [-0.4, -0.2) is 42.1 Å². The molecule has 3 rings (SSSR count). The van der Waals surface area contributed by atoms with Crippen LogP contribution in [0.1, 0.15) is 19.8 Å². The molecule has 0 radical (unpaired) electrons. The summed E-state index contributed by atoms with van der Waals surface area (Å²) in [6, 6.07) is 10.9. The highest BCUT2D eigenvalue weighted by Gasteiger charge is 2.20. The van der Waals surface area contributed by atoms with Gasteiger partial charge in [-0.05, 0) is 62.2 Å². The largest absolute Gasteiger partial charge is 0.326 e. The average molecular weight is 373 g/mol. The van der Waals surface area contributed by atoms with Gasteiger partial charge in [0.2, 0.25) is 0 Å². The molecule has 2 aromatic rings. The maximum Gasteiger partial charge on any atom is 0.326 e. The van der Waals surface area contributed by atoms with Crippen LogP contribution in [0.25, 0.3) is 0 Å². The van der Waals surface area contributed by atoms with Crippen molar-refractivity contribution < 1.29 is 4.79 Å². The number of likely N-dealkylation sites (tertiary alicyclic amines) is 1. The third-order valence-electron chi connectivity index (χ3n) is 4.79. The second kappa shape index (κ2) is 9.01. The number of urea groups is 1. The molecule has 0 unspecified atom stereocenters. The van der Waals surface area contributed by atoms with Crippen molar-refractivity contribution in [2.45, 2.75) is 19.8 Å². The molecule has 0 atom stereocenters. The van der Waals surface area contributed by atoms with Crippen LogP contribution >= 0.6 is 11.6 Å². The number of anilines is 2. The van der Waals surface area contributed by atoms with E-state index >= 15 is 0 Å². The Morgan fingerprint density at radius 3 is 2.81 bits per heavy atom. The maximum atomic E-state index is 12.9. The normalized spacial score (nSPS) is 15.6. The number of hydrogen-bond donors (Lipinski definition) is 1. The number of carbonyl (C=O) groups is 1. The van der Waals surface area contributed by atoms with Crippen molar-refractivity contribution in [3.8, 4) is 0 Å². The van der Waals surface area contributed by atoms with E-state index in [0.717, 1.165) is 31.2 Å². The van der Waals surface area contributed by atoms with Crippen LogP contribution < -0.4 is 10.2 Å². The Hall–Kier alpha value is -2.11. The van der Waals surface area contributed by atoms with E-state index in [-0.39, 0.29) is 6.03 Å². The lowest BCUT2D eigenvalue weighted by atomic mass is 9.99. The van der Waals surface area contributed by atoms with E-state index in [0.29, 0.717) is 17.3 Å². The fourth-order valence-corrected chi connectivity index (χ4v) is 3.33. The van der Waals surface area contributed by atoms with Gasteiger partial charge in [-0.2, -0.15) is 0 Å². The topological polar surface area (TPSA) is 48.5 Å². The second-order valence-electron chi connectivity index (χ2n) is 6.83. The van der Waals surface area contributed by atoms with E-state index in [1.165, 1.54) is 12.8 Å². The highest BCUT2D eigenvalue weighted by atomic mass is 35.5. The van der Waals surface area contributed by atoms with Gasteiger partial charge in [-0.1, -0.05) is 24.6 Å². The van der Waals surface area contributed by atoms with Crippen molar-refractivity contribution in [2.75, 3.05) is 36.4 Å². The zero-order valence-corrected chi connectivity index (χ0v) is 15.8. The lowest BCUT2D eigenvalue weighted by molar-refractivity contribution is 0.196. The molecule has 6 heteroatoms. The fourth-order valence-electron chi connectivity index (χ4n) is 3.15. The van der Waals surface area contributed by atoms with Crippen molar-refractivity contribution in [2.24, 2.45) is 5.92 Å². The first-order chi connectivity index (χ1) is 12.6. The number of benzene rings is 1. The van der Waals surface area contributed by atoms with Gasteiger partial charge in [-0.15, -0.1) is 0 Å². The van der Waals surface area contributed by atoms with Gasteiger partial charge in [0.25, 0.3) is 0 Å². The van der Waals surface area contributed by atoms with Gasteiger partial charge in [0.15, 0.2) is 0 Å². The first kappa shape index (κ1) is 18.7. The number of amides is 2. The van der Waals surface area contributed by atoms with E-state index in [1.54, 1.807) is 23.4 Å². The smallest absolute Gasteiger partial charge is 0.306 e. The minimum Gasteiger partial charge on any atom is -0.306 e. The number of hydrogen-bond acceptors (Lipinski definition) is 3. The maximum absolute atomic E-state index is 12.9. The predicted molar refractivity (Wildman–Crippen MR) is 107 cm³/mol. The zero-order chi connectivity index (χ0) is 18.4. The fraction of sp³-hybridized carbons (Fsp3) is 0.400. The van der Waals surface area contributed by atoms with Crippen molar-refractivity contribution in [1.82, 2.24) is 9.88 Å². The van der Waals surface area contributed by atoms with E-state index in [4.69, 9.17) is 11.6 Å². The highest BCUT2D eigenvalue weighted by molar-refractivity contribution is 6.31. The summed E-state index contributed by atoms with van der Waals surface area (Å²) < 4.78 is 0. The second-order valence-corrected chi connectivity index (χ2v) is 7.26. The number of carbonyl (C=O) groups excluding carboxylic acids is 1. The summed E-state index contributed by atoms with van der Waals surface area (Å²) in [4.78, 5) is 21.1. The number of aromatic nitrogens is 1. The first-order valence-electron chi connectivity index (χ1n) is 9.08. The summed E-state index contributed by atoms with van der Waals surface area (Å²) in [5, 5.41) is 3.54. The zero-order valence-electron chi connectivity index (χ0n) is 15.1. The lowest BCUT2D eigenvalue weighted by Gasteiger charge is -2.32. The Labute approximate surface area is 160 Å². The van der Waals surface area contributed by atoms with Crippen LogP contribution in [0.2, 0.25) is 5.02 Å². The summed E-state index contributed by atoms with van der Waals surface area (Å²) in [6.45, 7) is 5.95. The number of rotatable bonds is 5. The molecule has 0 aliphatic carbocycles. The van der Waals surface area contributed by atoms with Crippen LogP contribution in [0.5, 0.6) is 0 Å². The molecular formula is C20H25ClN4O. The molecule has 1 N–H and O–H groups in total. The monoisotopic (exact) mass is 372 g/mol. The summed E-state index contributed by atoms with van der Waals surface area (Å²) in [7, 11) is 0. The molecule has 1 aromatic carbocycles. The molecule has 1 saturated heterocycles. The van der Waals surface area contributed by atoms with E-state index in [9.17, 15) is 4.79 Å². The SMILES string of the molecule is CC1CCN(CCN(C(=O)Nc2cccnc2)c2cccc(Cl)c2)CC1. The first-order valence-corrected chi connectivity index (χ1v) is 9.46. The van der Waals surface area contributed by atoms with Gasteiger partial charge in [0.1, 0.15) is 0 Å². The number of nitrogens with zero attached hydrogens (tertiary/aromatic N) is 3. The minimum absolute atomic E-state index is 0.175. The van der Waals surface area contributed by atoms with E-state index < -0.39 is 0 Å². The van der Waals surface area contributed by atoms with Crippen molar-refractivity contribution in [1.29, 1.82) is 0 Å². The minimum atomic E-state index is -0.175. The van der Waals surface area contributed by atoms with E-state index in [1.807, 2.05) is 30.3 Å². The molecule has 2 heterocycles. The van der Waals surface area contributed by atoms with E-state index in [2.05, 4.69) is 22.1 Å². The number of nitrogens with one attached hydrogen (secondary N) is 1. The molecule has 1 fully saturated rings. The van der Waals surface area contributed by atoms with Crippen LogP contribution in [-0.2, 0) is 0 Å². The lowest BCUT2D eigenvalue weighted by Crippen LogP contribution is -2.43. The van der Waals surface area contributed by atoms with Crippen LogP contribution in [0, 0.1) is 5.92 Å². The van der Waals surface area contributed by atoms with Gasteiger partial charge >= 0.3 is 6.03 Å². The van der Waals surface area contributed by atoms with Crippen LogP contribution in [0.15, 0.2) is 48.8 Å². The summed E-state index contributed by atoms with van der Waals surface area (Å²) >= 11 is 6.14. The van der Waals surface area contributed by atoms with Crippen molar-refractivity contribution >= 4 is 29.0 Å². The molecule has 1 aliphatic rings. The van der Waals surface area contributed by atoms with Gasteiger partial charge in [-0.3, -0.25) is 9.88 Å².